The number of carbonyl (C=O) groups excluding carboxylic acids is 2. The summed E-state index contributed by atoms with van der Waals surface area (Å²) in [5.41, 5.74) is 1.81. The molecule has 6 nitrogen and oxygen atoms in total. The quantitative estimate of drug-likeness (QED) is 0.419. The lowest BCUT2D eigenvalue weighted by Crippen LogP contribution is -2.64. The van der Waals surface area contributed by atoms with Gasteiger partial charge in [0.05, 0.1) is 5.71 Å². The number of amides is 1. The standard InChI is InChI=1S/C21H30N2O4/c1-12(24)27-14-6-8-20(2)13(10-14)11-17(23-26)19-15(20)7-9-21(3)16(19)4-5-18(25)22-21/h11,14-16,19,26H,4-10H2,1-3H3,(H,22,25)/b23-17-. The number of fused-ring (bicyclic) bond motifs is 5. The third-order valence-electron chi connectivity index (χ3n) is 7.86. The summed E-state index contributed by atoms with van der Waals surface area (Å²) in [4.78, 5) is 23.4. The molecule has 1 amide bonds. The smallest absolute Gasteiger partial charge is 0.302 e. The number of hydrogen-bond donors (Lipinski definition) is 2. The van der Waals surface area contributed by atoms with Gasteiger partial charge in [-0.15, -0.1) is 0 Å². The van der Waals surface area contributed by atoms with Crippen LogP contribution < -0.4 is 5.32 Å². The number of ether oxygens (including phenoxy) is 1. The van der Waals surface area contributed by atoms with Crippen LogP contribution in [0.25, 0.3) is 0 Å². The van der Waals surface area contributed by atoms with E-state index in [9.17, 15) is 14.8 Å². The van der Waals surface area contributed by atoms with Gasteiger partial charge in [-0.2, -0.15) is 0 Å². The highest BCUT2D eigenvalue weighted by molar-refractivity contribution is 5.99. The Hall–Kier alpha value is -1.85. The van der Waals surface area contributed by atoms with Crippen LogP contribution in [0.3, 0.4) is 0 Å². The minimum atomic E-state index is -0.236. The number of carbonyl (C=O) groups is 2. The Morgan fingerprint density at radius 1 is 1.26 bits per heavy atom. The molecule has 6 unspecified atom stereocenters. The molecule has 1 saturated heterocycles. The van der Waals surface area contributed by atoms with Crippen molar-refractivity contribution in [3.63, 3.8) is 0 Å². The van der Waals surface area contributed by atoms with Crippen LogP contribution in [-0.4, -0.2) is 34.4 Å². The van der Waals surface area contributed by atoms with Gasteiger partial charge in [0, 0.05) is 31.2 Å². The molecule has 27 heavy (non-hydrogen) atoms. The third-order valence-corrected chi connectivity index (χ3v) is 7.86. The molecule has 2 saturated carbocycles. The SMILES string of the molecule is CC(=O)OC1CCC2(C)C(=C/C(=N/O)C3C4CCC(=O)NC4(C)CCC32)C1. The molecule has 0 aromatic carbocycles. The van der Waals surface area contributed by atoms with Crippen LogP contribution in [0.1, 0.15) is 65.7 Å². The predicted molar refractivity (Wildman–Crippen MR) is 100 cm³/mol. The zero-order chi connectivity index (χ0) is 19.4. The summed E-state index contributed by atoms with van der Waals surface area (Å²) < 4.78 is 5.47. The van der Waals surface area contributed by atoms with Crippen LogP contribution in [0.5, 0.6) is 0 Å². The fourth-order valence-corrected chi connectivity index (χ4v) is 6.50. The van der Waals surface area contributed by atoms with E-state index in [0.29, 0.717) is 18.3 Å². The topological polar surface area (TPSA) is 88.0 Å². The molecule has 0 spiro atoms. The summed E-state index contributed by atoms with van der Waals surface area (Å²) >= 11 is 0. The van der Waals surface area contributed by atoms with Crippen molar-refractivity contribution in [3.05, 3.63) is 11.6 Å². The highest BCUT2D eigenvalue weighted by Crippen LogP contribution is 2.60. The summed E-state index contributed by atoms with van der Waals surface area (Å²) in [5, 5.41) is 16.7. The highest BCUT2D eigenvalue weighted by Gasteiger charge is 2.58. The van der Waals surface area contributed by atoms with Crippen LogP contribution in [-0.2, 0) is 14.3 Å². The van der Waals surface area contributed by atoms with Crippen molar-refractivity contribution in [1.82, 2.24) is 5.32 Å². The number of allylic oxidation sites excluding steroid dienone is 1. The molecule has 148 valence electrons. The highest BCUT2D eigenvalue weighted by atomic mass is 16.5. The van der Waals surface area contributed by atoms with Crippen LogP contribution in [0.2, 0.25) is 0 Å². The van der Waals surface area contributed by atoms with Crippen molar-refractivity contribution in [2.45, 2.75) is 77.4 Å². The lowest BCUT2D eigenvalue weighted by molar-refractivity contribution is -0.148. The van der Waals surface area contributed by atoms with Crippen molar-refractivity contribution in [3.8, 4) is 0 Å². The molecule has 4 rings (SSSR count). The third kappa shape index (κ3) is 2.88. The summed E-state index contributed by atoms with van der Waals surface area (Å²) in [6.07, 6.45) is 7.90. The maximum Gasteiger partial charge on any atom is 0.302 e. The maximum absolute atomic E-state index is 12.0. The van der Waals surface area contributed by atoms with Crippen LogP contribution in [0.4, 0.5) is 0 Å². The molecular weight excluding hydrogens is 344 g/mol. The second kappa shape index (κ2) is 6.35. The average molecular weight is 374 g/mol. The largest absolute Gasteiger partial charge is 0.462 e. The van der Waals surface area contributed by atoms with Gasteiger partial charge < -0.3 is 15.3 Å². The second-order valence-electron chi connectivity index (χ2n) is 9.37. The van der Waals surface area contributed by atoms with Crippen LogP contribution >= 0.6 is 0 Å². The van der Waals surface area contributed by atoms with Gasteiger partial charge in [0.1, 0.15) is 6.10 Å². The lowest BCUT2D eigenvalue weighted by Gasteiger charge is -2.59. The molecule has 6 heteroatoms. The van der Waals surface area contributed by atoms with E-state index >= 15 is 0 Å². The Bertz CT molecular complexity index is 730. The van der Waals surface area contributed by atoms with Gasteiger partial charge in [-0.3, -0.25) is 9.59 Å². The number of nitrogens with zero attached hydrogens (tertiary/aromatic N) is 1. The molecule has 0 radical (unpaired) electrons. The van der Waals surface area contributed by atoms with Crippen LogP contribution in [0.15, 0.2) is 16.8 Å². The Kier molecular flexibility index (Phi) is 4.35. The van der Waals surface area contributed by atoms with E-state index < -0.39 is 0 Å². The summed E-state index contributed by atoms with van der Waals surface area (Å²) in [6.45, 7) is 5.94. The van der Waals surface area contributed by atoms with Crippen molar-refractivity contribution >= 4 is 17.6 Å². The van der Waals surface area contributed by atoms with E-state index in [1.54, 1.807) is 0 Å². The average Bonchev–Trinajstić information content (AvgIpc) is 2.60. The van der Waals surface area contributed by atoms with E-state index in [2.05, 4.69) is 30.4 Å². The minimum absolute atomic E-state index is 0.0400. The van der Waals surface area contributed by atoms with Gasteiger partial charge in [0.2, 0.25) is 5.91 Å². The first-order chi connectivity index (χ1) is 12.8. The van der Waals surface area contributed by atoms with Crippen molar-refractivity contribution < 1.29 is 19.5 Å². The normalized spacial score (nSPS) is 45.1. The molecule has 1 aliphatic heterocycles. The van der Waals surface area contributed by atoms with E-state index in [1.165, 1.54) is 12.5 Å². The van der Waals surface area contributed by atoms with E-state index in [0.717, 1.165) is 44.2 Å². The maximum atomic E-state index is 12.0. The first-order valence-corrected chi connectivity index (χ1v) is 10.2. The molecule has 0 aromatic heterocycles. The van der Waals surface area contributed by atoms with Crippen molar-refractivity contribution in [1.29, 1.82) is 0 Å². The summed E-state index contributed by atoms with van der Waals surface area (Å²) in [5.74, 6) is 0.749. The van der Waals surface area contributed by atoms with Crippen molar-refractivity contribution in [2.24, 2.45) is 28.3 Å². The van der Waals surface area contributed by atoms with E-state index in [4.69, 9.17) is 4.74 Å². The molecule has 0 aromatic rings. The predicted octanol–water partition coefficient (Wildman–Crippen LogP) is 3.19. The fourth-order valence-electron chi connectivity index (χ4n) is 6.50. The first kappa shape index (κ1) is 18.5. The van der Waals surface area contributed by atoms with Gasteiger partial charge in [-0.1, -0.05) is 17.7 Å². The van der Waals surface area contributed by atoms with Gasteiger partial charge >= 0.3 is 5.97 Å². The van der Waals surface area contributed by atoms with Gasteiger partial charge in [0.15, 0.2) is 0 Å². The molecule has 2 N–H and O–H groups in total. The number of rotatable bonds is 1. The molecule has 6 atom stereocenters. The van der Waals surface area contributed by atoms with Crippen molar-refractivity contribution in [2.75, 3.05) is 0 Å². The Balaban J connectivity index is 1.69. The monoisotopic (exact) mass is 374 g/mol. The molecule has 3 aliphatic carbocycles. The Labute approximate surface area is 160 Å². The molecule has 3 fully saturated rings. The molecule has 0 bridgehead atoms. The number of nitrogens with one attached hydrogen (secondary N) is 1. The Morgan fingerprint density at radius 2 is 2.04 bits per heavy atom. The fraction of sp³-hybridized carbons (Fsp3) is 0.762. The molecular formula is C21H30N2O4. The summed E-state index contributed by atoms with van der Waals surface area (Å²) in [7, 11) is 0. The first-order valence-electron chi connectivity index (χ1n) is 10.2. The molecule has 1 heterocycles. The van der Waals surface area contributed by atoms with Gasteiger partial charge in [0.25, 0.3) is 0 Å². The van der Waals surface area contributed by atoms with Gasteiger partial charge in [-0.25, -0.2) is 0 Å². The van der Waals surface area contributed by atoms with E-state index in [1.807, 2.05) is 0 Å². The lowest BCUT2D eigenvalue weighted by atomic mass is 9.47. The zero-order valence-corrected chi connectivity index (χ0v) is 16.5. The summed E-state index contributed by atoms with van der Waals surface area (Å²) in [6, 6.07) is 0. The minimum Gasteiger partial charge on any atom is -0.462 e. The van der Waals surface area contributed by atoms with Crippen LogP contribution in [0, 0.1) is 23.2 Å². The van der Waals surface area contributed by atoms with Gasteiger partial charge in [-0.05, 0) is 62.4 Å². The number of hydrogen-bond acceptors (Lipinski definition) is 5. The number of piperidine rings is 1. The number of esters is 1. The Morgan fingerprint density at radius 3 is 2.74 bits per heavy atom. The number of oxime groups is 1. The zero-order valence-electron chi connectivity index (χ0n) is 16.5. The molecule has 4 aliphatic rings. The second-order valence-corrected chi connectivity index (χ2v) is 9.37. The van der Waals surface area contributed by atoms with E-state index in [-0.39, 0.29) is 34.9 Å².